The van der Waals surface area contributed by atoms with Crippen LogP contribution in [0.1, 0.15) is 29.3 Å². The lowest BCUT2D eigenvalue weighted by molar-refractivity contribution is 0.0691. The van der Waals surface area contributed by atoms with E-state index in [9.17, 15) is 9.59 Å². The number of piperazine rings is 1. The topological polar surface area (TPSA) is 85.8 Å². The van der Waals surface area contributed by atoms with Crippen LogP contribution >= 0.6 is 11.3 Å². The molecule has 1 aliphatic heterocycles. The van der Waals surface area contributed by atoms with Crippen molar-refractivity contribution in [3.8, 4) is 0 Å². The molecule has 0 saturated carbocycles. The number of rotatable bonds is 4. The van der Waals surface area contributed by atoms with Gasteiger partial charge in [-0.3, -0.25) is 4.90 Å². The van der Waals surface area contributed by atoms with Crippen LogP contribution in [0.15, 0.2) is 5.38 Å². The van der Waals surface area contributed by atoms with Crippen LogP contribution in [0.2, 0.25) is 0 Å². The van der Waals surface area contributed by atoms with E-state index in [1.807, 2.05) is 0 Å². The zero-order chi connectivity index (χ0) is 15.4. The molecule has 1 saturated heterocycles. The van der Waals surface area contributed by atoms with Crippen molar-refractivity contribution >= 4 is 23.3 Å². The number of carbonyl (C=O) groups is 2. The molecule has 1 aromatic rings. The Morgan fingerprint density at radius 1 is 1.52 bits per heavy atom. The second-order valence-corrected chi connectivity index (χ2v) is 5.96. The first kappa shape index (κ1) is 15.7. The molecule has 2 N–H and O–H groups in total. The van der Waals surface area contributed by atoms with E-state index in [4.69, 9.17) is 5.11 Å². The van der Waals surface area contributed by atoms with Crippen molar-refractivity contribution in [3.63, 3.8) is 0 Å². The number of urea groups is 1. The minimum atomic E-state index is -1.05. The zero-order valence-electron chi connectivity index (χ0n) is 12.2. The molecule has 2 rings (SSSR count). The smallest absolute Gasteiger partial charge is 0.355 e. The van der Waals surface area contributed by atoms with E-state index in [0.717, 1.165) is 13.1 Å². The molecular weight excluding hydrogens is 292 g/mol. The number of carbonyl (C=O) groups excluding carboxylic acids is 1. The number of hydrogen-bond acceptors (Lipinski definition) is 5. The Hall–Kier alpha value is -1.67. The van der Waals surface area contributed by atoms with Crippen LogP contribution in [0, 0.1) is 0 Å². The molecule has 1 unspecified atom stereocenters. The summed E-state index contributed by atoms with van der Waals surface area (Å²) in [6.45, 7) is 7.79. The molecule has 1 aliphatic rings. The summed E-state index contributed by atoms with van der Waals surface area (Å²) in [6, 6.07) is 0.234. The van der Waals surface area contributed by atoms with E-state index in [1.165, 1.54) is 16.7 Å². The fourth-order valence-electron chi connectivity index (χ4n) is 2.40. The maximum atomic E-state index is 12.1. The number of likely N-dealkylation sites (N-methyl/N-ethyl adjacent to an activating group) is 1. The number of thiazole rings is 1. The average molecular weight is 312 g/mol. The van der Waals surface area contributed by atoms with Crippen LogP contribution in [0.5, 0.6) is 0 Å². The average Bonchev–Trinajstić information content (AvgIpc) is 2.93. The van der Waals surface area contributed by atoms with E-state index in [1.54, 1.807) is 4.90 Å². The minimum absolute atomic E-state index is 0.0226. The Balaban J connectivity index is 1.83. The fraction of sp³-hybridized carbons (Fsp3) is 0.615. The van der Waals surface area contributed by atoms with Gasteiger partial charge in [0.15, 0.2) is 5.69 Å². The Labute approximate surface area is 127 Å². The van der Waals surface area contributed by atoms with E-state index in [2.05, 4.69) is 29.0 Å². The van der Waals surface area contributed by atoms with Crippen LogP contribution in [0.25, 0.3) is 0 Å². The fourth-order valence-corrected chi connectivity index (χ4v) is 3.11. The molecule has 7 nitrogen and oxygen atoms in total. The highest BCUT2D eigenvalue weighted by atomic mass is 32.1. The third-order valence-corrected chi connectivity index (χ3v) is 4.47. The van der Waals surface area contributed by atoms with Gasteiger partial charge < -0.3 is 15.3 Å². The maximum absolute atomic E-state index is 12.1. The summed E-state index contributed by atoms with van der Waals surface area (Å²) >= 11 is 1.24. The van der Waals surface area contributed by atoms with Gasteiger partial charge in [-0.1, -0.05) is 6.92 Å². The first-order valence-corrected chi connectivity index (χ1v) is 7.83. The van der Waals surface area contributed by atoms with Crippen LogP contribution < -0.4 is 5.32 Å². The largest absolute Gasteiger partial charge is 0.476 e. The molecule has 0 aliphatic carbocycles. The Morgan fingerprint density at radius 3 is 2.86 bits per heavy atom. The molecule has 2 heterocycles. The number of aromatic nitrogens is 1. The number of carboxylic acid groups (broad SMARTS) is 1. The predicted octanol–water partition coefficient (Wildman–Crippen LogP) is 1.08. The molecule has 0 aromatic carbocycles. The van der Waals surface area contributed by atoms with Crippen LogP contribution in [0.3, 0.4) is 0 Å². The van der Waals surface area contributed by atoms with Crippen molar-refractivity contribution in [2.24, 2.45) is 0 Å². The standard InChI is InChI=1S/C13H20N4O3S/c1-3-16-4-5-17(7-9(16)2)13(20)14-6-11-15-10(8-21-11)12(18)19/h8-9H,3-7H2,1-2H3,(H,14,20)(H,18,19). The third kappa shape index (κ3) is 3.92. The first-order valence-electron chi connectivity index (χ1n) is 6.95. The second kappa shape index (κ2) is 6.86. The van der Waals surface area contributed by atoms with Crippen molar-refractivity contribution < 1.29 is 14.7 Å². The quantitative estimate of drug-likeness (QED) is 0.869. The van der Waals surface area contributed by atoms with Gasteiger partial charge in [-0.2, -0.15) is 0 Å². The zero-order valence-corrected chi connectivity index (χ0v) is 13.0. The molecule has 2 amide bonds. The van der Waals surface area contributed by atoms with Gasteiger partial charge in [-0.15, -0.1) is 11.3 Å². The summed E-state index contributed by atoms with van der Waals surface area (Å²) in [6.07, 6.45) is 0. The highest BCUT2D eigenvalue weighted by Crippen LogP contribution is 2.11. The molecule has 0 bridgehead atoms. The van der Waals surface area contributed by atoms with Gasteiger partial charge in [0, 0.05) is 31.1 Å². The van der Waals surface area contributed by atoms with E-state index >= 15 is 0 Å². The predicted molar refractivity (Wildman–Crippen MR) is 79.6 cm³/mol. The van der Waals surface area contributed by atoms with Gasteiger partial charge in [-0.25, -0.2) is 14.6 Å². The lowest BCUT2D eigenvalue weighted by Crippen LogP contribution is -2.55. The highest BCUT2D eigenvalue weighted by molar-refractivity contribution is 7.09. The van der Waals surface area contributed by atoms with Crippen LogP contribution in [-0.4, -0.2) is 64.1 Å². The van der Waals surface area contributed by atoms with Gasteiger partial charge in [0.2, 0.25) is 0 Å². The van der Waals surface area contributed by atoms with Crippen molar-refractivity contribution in [1.82, 2.24) is 20.1 Å². The number of carboxylic acids is 1. The SMILES string of the molecule is CCN1CCN(C(=O)NCc2nc(C(=O)O)cs2)CC1C. The number of nitrogens with one attached hydrogen (secondary N) is 1. The molecule has 0 radical (unpaired) electrons. The summed E-state index contributed by atoms with van der Waals surface area (Å²) in [5, 5.41) is 13.7. The summed E-state index contributed by atoms with van der Waals surface area (Å²) in [5.74, 6) is -1.05. The lowest BCUT2D eigenvalue weighted by atomic mass is 10.2. The number of amides is 2. The molecule has 1 fully saturated rings. The van der Waals surface area contributed by atoms with E-state index < -0.39 is 5.97 Å². The summed E-state index contributed by atoms with van der Waals surface area (Å²) < 4.78 is 0. The van der Waals surface area contributed by atoms with Crippen molar-refractivity contribution in [3.05, 3.63) is 16.1 Å². The summed E-state index contributed by atoms with van der Waals surface area (Å²) in [7, 11) is 0. The van der Waals surface area contributed by atoms with Crippen molar-refractivity contribution in [2.75, 3.05) is 26.2 Å². The van der Waals surface area contributed by atoms with Crippen LogP contribution in [-0.2, 0) is 6.54 Å². The van der Waals surface area contributed by atoms with Gasteiger partial charge in [-0.05, 0) is 13.5 Å². The molecule has 1 atom stereocenters. The summed E-state index contributed by atoms with van der Waals surface area (Å²) in [4.78, 5) is 30.9. The third-order valence-electron chi connectivity index (χ3n) is 3.62. The normalized spacial score (nSPS) is 19.5. The Morgan fingerprint density at radius 2 is 2.29 bits per heavy atom. The van der Waals surface area contributed by atoms with Gasteiger partial charge in [0.25, 0.3) is 0 Å². The monoisotopic (exact) mass is 312 g/mol. The van der Waals surface area contributed by atoms with Crippen molar-refractivity contribution in [2.45, 2.75) is 26.4 Å². The maximum Gasteiger partial charge on any atom is 0.355 e. The Bertz CT molecular complexity index is 519. The number of aromatic carboxylic acids is 1. The second-order valence-electron chi connectivity index (χ2n) is 5.01. The molecule has 1 aromatic heterocycles. The lowest BCUT2D eigenvalue weighted by Gasteiger charge is -2.39. The number of hydrogen-bond donors (Lipinski definition) is 2. The molecule has 116 valence electrons. The molecule has 0 spiro atoms. The van der Waals surface area contributed by atoms with Gasteiger partial charge >= 0.3 is 12.0 Å². The van der Waals surface area contributed by atoms with E-state index in [0.29, 0.717) is 24.1 Å². The highest BCUT2D eigenvalue weighted by Gasteiger charge is 2.25. The minimum Gasteiger partial charge on any atom is -0.476 e. The summed E-state index contributed by atoms with van der Waals surface area (Å²) in [5.41, 5.74) is 0.0226. The van der Waals surface area contributed by atoms with Gasteiger partial charge in [0.1, 0.15) is 5.01 Å². The molecular formula is C13H20N4O3S. The Kier molecular flexibility index (Phi) is 5.13. The van der Waals surface area contributed by atoms with E-state index in [-0.39, 0.29) is 18.3 Å². The van der Waals surface area contributed by atoms with Crippen molar-refractivity contribution in [1.29, 1.82) is 0 Å². The van der Waals surface area contributed by atoms with Gasteiger partial charge in [0.05, 0.1) is 6.54 Å². The van der Waals surface area contributed by atoms with Crippen LogP contribution in [0.4, 0.5) is 4.79 Å². The first-order chi connectivity index (χ1) is 10.0. The number of nitrogens with zero attached hydrogens (tertiary/aromatic N) is 3. The molecule has 8 heteroatoms. The molecule has 21 heavy (non-hydrogen) atoms.